The lowest BCUT2D eigenvalue weighted by atomic mass is 9.77. The second-order valence-electron chi connectivity index (χ2n) is 7.28. The highest BCUT2D eigenvalue weighted by Gasteiger charge is 2.31. The van der Waals surface area contributed by atoms with Crippen LogP contribution in [0.4, 0.5) is 5.95 Å². The molecule has 0 fully saturated rings. The number of nitrogens with one attached hydrogen (secondary N) is 1. The molecule has 2 atom stereocenters. The van der Waals surface area contributed by atoms with E-state index in [4.69, 9.17) is 22.3 Å². The average Bonchev–Trinajstić information content (AvgIpc) is 2.82. The Bertz CT molecular complexity index is 1290. The molecule has 0 bridgehead atoms. The van der Waals surface area contributed by atoms with Crippen molar-refractivity contribution < 1.29 is 8.42 Å². The Balaban J connectivity index is 1.90. The van der Waals surface area contributed by atoms with Crippen LogP contribution >= 0.6 is 11.6 Å². The largest absolute Gasteiger partial charge is 0.368 e. The molecular weight excluding hydrogens is 460 g/mol. The molecule has 3 N–H and O–H groups in total. The Labute approximate surface area is 198 Å². The molecule has 0 amide bonds. The van der Waals surface area contributed by atoms with Crippen molar-refractivity contribution in [2.45, 2.75) is 18.4 Å². The molecule has 1 aromatic carbocycles. The van der Waals surface area contributed by atoms with Crippen molar-refractivity contribution in [2.24, 2.45) is 0 Å². The van der Waals surface area contributed by atoms with E-state index in [1.165, 1.54) is 0 Å². The summed E-state index contributed by atoms with van der Waals surface area (Å²) in [7, 11) is -2.73. The molecule has 0 aliphatic carbocycles. The van der Waals surface area contributed by atoms with Gasteiger partial charge in [-0.25, -0.2) is 23.1 Å². The molecule has 0 spiro atoms. The van der Waals surface area contributed by atoms with Crippen molar-refractivity contribution in [1.29, 1.82) is 0 Å². The van der Waals surface area contributed by atoms with Gasteiger partial charge in [0.05, 0.1) is 17.9 Å². The van der Waals surface area contributed by atoms with Gasteiger partial charge in [-0.3, -0.25) is 9.97 Å². The number of benzene rings is 1. The number of rotatable bonds is 8. The molecule has 33 heavy (non-hydrogen) atoms. The molecule has 0 saturated carbocycles. The smallest absolute Gasteiger partial charge is 0.220 e. The van der Waals surface area contributed by atoms with Crippen LogP contribution in [-0.4, -0.2) is 28.4 Å². The molecule has 4 rings (SSSR count). The van der Waals surface area contributed by atoms with Crippen LogP contribution in [0.25, 0.3) is 0 Å². The Morgan fingerprint density at radius 2 is 1.64 bits per heavy atom. The van der Waals surface area contributed by atoms with Crippen LogP contribution in [0.2, 0.25) is 5.02 Å². The molecule has 8 nitrogen and oxygen atoms in total. The Kier molecular flexibility index (Phi) is 7.23. The minimum atomic E-state index is -2.73. The van der Waals surface area contributed by atoms with E-state index >= 15 is 0 Å². The van der Waals surface area contributed by atoms with Crippen molar-refractivity contribution in [3.8, 4) is 0 Å². The first kappa shape index (κ1) is 22.8. The highest BCUT2D eigenvalue weighted by atomic mass is 35.5. The highest BCUT2D eigenvalue weighted by Crippen LogP contribution is 2.41. The van der Waals surface area contributed by atoms with Crippen LogP contribution in [0.5, 0.6) is 0 Å². The molecule has 10 heteroatoms. The summed E-state index contributed by atoms with van der Waals surface area (Å²) in [5, 5.41) is 0.621. The predicted molar refractivity (Wildman–Crippen MR) is 127 cm³/mol. The monoisotopic (exact) mass is 480 g/mol. The third-order valence-electron chi connectivity index (χ3n) is 5.16. The lowest BCUT2D eigenvalue weighted by Crippen LogP contribution is -2.19. The summed E-state index contributed by atoms with van der Waals surface area (Å²) in [5.41, 5.74) is 9.85. The molecule has 168 valence electrons. The van der Waals surface area contributed by atoms with Crippen molar-refractivity contribution >= 4 is 28.4 Å². The molecule has 2 unspecified atom stereocenters. The Morgan fingerprint density at radius 1 is 0.879 bits per heavy atom. The summed E-state index contributed by atoms with van der Waals surface area (Å²) in [6.45, 7) is 0.0956. The van der Waals surface area contributed by atoms with E-state index < -0.39 is 10.9 Å². The quantitative estimate of drug-likeness (QED) is 0.331. The summed E-state index contributed by atoms with van der Waals surface area (Å²) in [4.78, 5) is 17.7. The van der Waals surface area contributed by atoms with Crippen molar-refractivity contribution in [2.75, 3.05) is 5.73 Å². The molecule has 3 aromatic heterocycles. The Morgan fingerprint density at radius 3 is 2.33 bits per heavy atom. The number of nitrogens with zero attached hydrogens (tertiary/aromatic N) is 4. The van der Waals surface area contributed by atoms with Gasteiger partial charge in [0.2, 0.25) is 16.8 Å². The molecule has 3 heterocycles. The van der Waals surface area contributed by atoms with Crippen LogP contribution in [0.15, 0.2) is 79.3 Å². The fraction of sp³-hybridized carbons (Fsp3) is 0.130. The van der Waals surface area contributed by atoms with E-state index in [9.17, 15) is 8.42 Å². The average molecular weight is 481 g/mol. The zero-order chi connectivity index (χ0) is 23.2. The third-order valence-corrected chi connectivity index (χ3v) is 5.82. The number of hydrogen-bond donors (Lipinski definition) is 3. The number of anilines is 1. The second-order valence-corrected chi connectivity index (χ2v) is 8.55. The van der Waals surface area contributed by atoms with E-state index in [2.05, 4.69) is 19.7 Å². The van der Waals surface area contributed by atoms with E-state index in [0.29, 0.717) is 16.4 Å². The molecular formula is C23H21ClN6O2S. The van der Waals surface area contributed by atoms with Crippen molar-refractivity contribution in [3.63, 3.8) is 0 Å². The number of halogens is 1. The lowest BCUT2D eigenvalue weighted by Gasteiger charge is -2.28. The summed E-state index contributed by atoms with van der Waals surface area (Å²) in [6.07, 6.45) is 5.12. The van der Waals surface area contributed by atoms with Gasteiger partial charge in [-0.2, -0.15) is 0 Å². The summed E-state index contributed by atoms with van der Waals surface area (Å²) in [6, 6.07) is 18.8. The maximum Gasteiger partial charge on any atom is 0.220 e. The van der Waals surface area contributed by atoms with Gasteiger partial charge in [0.25, 0.3) is 0 Å². The number of thiol groups is 1. The first-order chi connectivity index (χ1) is 16.0. The third kappa shape index (κ3) is 5.70. The topological polar surface area (TPSA) is 124 Å². The van der Waals surface area contributed by atoms with Gasteiger partial charge in [-0.05, 0) is 47.5 Å². The summed E-state index contributed by atoms with van der Waals surface area (Å²) in [5.74, 6) is -0.416. The molecule has 0 aliphatic heterocycles. The standard InChI is InChI=1S/C23H21ClN6O2S/c24-17-8-6-15(7-9-17)21(20-10-12-27-23(25)30-20)22(16-3-2-11-26-13-16)19-5-1-4-18(29-19)14-28-33(31)32/h1-13,21-22,33H,14H2,(H2,25,27,30)(H,28,31,32). The highest BCUT2D eigenvalue weighted by molar-refractivity contribution is 7.70. The minimum Gasteiger partial charge on any atom is -0.368 e. The van der Waals surface area contributed by atoms with Crippen LogP contribution in [0, 0.1) is 0 Å². The van der Waals surface area contributed by atoms with Crippen LogP contribution in [0.1, 0.15) is 40.0 Å². The SMILES string of the molecule is Nc1nccc(C(c2ccc(Cl)cc2)C(c2cccnc2)c2cccc(CN[SH](=O)=O)n2)n1. The zero-order valence-electron chi connectivity index (χ0n) is 17.4. The first-order valence-corrected chi connectivity index (χ1v) is 11.6. The van der Waals surface area contributed by atoms with E-state index in [-0.39, 0.29) is 24.3 Å². The van der Waals surface area contributed by atoms with Gasteiger partial charge in [-0.15, -0.1) is 0 Å². The van der Waals surface area contributed by atoms with Crippen molar-refractivity contribution in [3.05, 3.63) is 112 Å². The molecule has 4 aromatic rings. The van der Waals surface area contributed by atoms with E-state index in [1.807, 2.05) is 54.6 Å². The molecule has 0 aliphatic rings. The van der Waals surface area contributed by atoms with Gasteiger partial charge in [0.1, 0.15) is 0 Å². The maximum atomic E-state index is 11.0. The minimum absolute atomic E-state index is 0.0956. The molecule has 0 saturated heterocycles. The maximum absolute atomic E-state index is 11.0. The van der Waals surface area contributed by atoms with Crippen molar-refractivity contribution in [1.82, 2.24) is 24.7 Å². The number of nitrogens with two attached hydrogens (primary N) is 1. The number of pyridine rings is 2. The van der Waals surface area contributed by atoms with Gasteiger partial charge < -0.3 is 5.73 Å². The van der Waals surface area contributed by atoms with Crippen LogP contribution < -0.4 is 10.5 Å². The molecule has 0 radical (unpaired) electrons. The van der Waals surface area contributed by atoms with Gasteiger partial charge in [0.15, 0.2) is 0 Å². The van der Waals surface area contributed by atoms with Crippen LogP contribution in [-0.2, 0) is 17.4 Å². The van der Waals surface area contributed by atoms with Gasteiger partial charge in [0, 0.05) is 41.1 Å². The lowest BCUT2D eigenvalue weighted by molar-refractivity contribution is 0.599. The number of nitrogen functional groups attached to an aromatic ring is 1. The summed E-state index contributed by atoms with van der Waals surface area (Å²) < 4.78 is 24.4. The normalized spacial score (nSPS) is 13.0. The number of aromatic nitrogens is 4. The summed E-state index contributed by atoms with van der Waals surface area (Å²) >= 11 is 6.16. The van der Waals surface area contributed by atoms with E-state index in [0.717, 1.165) is 16.8 Å². The van der Waals surface area contributed by atoms with Gasteiger partial charge >= 0.3 is 0 Å². The second kappa shape index (κ2) is 10.5. The van der Waals surface area contributed by atoms with Gasteiger partial charge in [-0.1, -0.05) is 35.9 Å². The zero-order valence-corrected chi connectivity index (χ0v) is 19.0. The first-order valence-electron chi connectivity index (χ1n) is 10.1. The fourth-order valence-corrected chi connectivity index (χ4v) is 4.19. The fourth-order valence-electron chi connectivity index (χ4n) is 3.77. The van der Waals surface area contributed by atoms with E-state index in [1.54, 1.807) is 24.7 Å². The van der Waals surface area contributed by atoms with Crippen LogP contribution in [0.3, 0.4) is 0 Å². The Hall–Kier alpha value is -3.40. The predicted octanol–water partition coefficient (Wildman–Crippen LogP) is 3.08. The number of hydrogen-bond acceptors (Lipinski definition) is 7.